The van der Waals surface area contributed by atoms with E-state index in [4.69, 9.17) is 9.84 Å². The summed E-state index contributed by atoms with van der Waals surface area (Å²) in [6, 6.07) is 0. The second-order valence-corrected chi connectivity index (χ2v) is 3.14. The number of aliphatic hydroxyl groups excluding tert-OH is 1. The summed E-state index contributed by atoms with van der Waals surface area (Å²) in [5.74, 6) is 0. The summed E-state index contributed by atoms with van der Waals surface area (Å²) in [7, 11) is 0. The average molecular weight is 173 g/mol. The molecule has 0 bridgehead atoms. The first-order valence-electron chi connectivity index (χ1n) is 4.18. The van der Waals surface area contributed by atoms with Crippen LogP contribution in [0.3, 0.4) is 0 Å². The standard InChI is InChI=1S/C8H15NO3/c1-7-4-9(2-3-10)5-8(6-11)12-7/h3,7-8,11H,2,4-6H2,1H3. The lowest BCUT2D eigenvalue weighted by atomic mass is 10.2. The van der Waals surface area contributed by atoms with Crippen molar-refractivity contribution in [1.29, 1.82) is 0 Å². The minimum atomic E-state index is -0.131. The molecule has 1 rings (SSSR count). The third kappa shape index (κ3) is 2.55. The van der Waals surface area contributed by atoms with Crippen LogP contribution in [0.2, 0.25) is 0 Å². The highest BCUT2D eigenvalue weighted by Crippen LogP contribution is 2.09. The fourth-order valence-electron chi connectivity index (χ4n) is 1.50. The summed E-state index contributed by atoms with van der Waals surface area (Å²) < 4.78 is 5.40. The van der Waals surface area contributed by atoms with Crippen LogP contribution in [0.4, 0.5) is 0 Å². The zero-order valence-electron chi connectivity index (χ0n) is 7.27. The Kier molecular flexibility index (Phi) is 3.65. The number of hydrogen-bond donors (Lipinski definition) is 1. The molecule has 1 aliphatic rings. The van der Waals surface area contributed by atoms with Crippen molar-refractivity contribution in [3.8, 4) is 0 Å². The summed E-state index contributed by atoms with van der Waals surface area (Å²) >= 11 is 0. The molecule has 0 aliphatic carbocycles. The van der Waals surface area contributed by atoms with Gasteiger partial charge in [-0.3, -0.25) is 4.90 Å². The minimum absolute atomic E-state index is 0.0275. The second kappa shape index (κ2) is 4.54. The van der Waals surface area contributed by atoms with Crippen LogP contribution in [0, 0.1) is 0 Å². The highest BCUT2D eigenvalue weighted by Gasteiger charge is 2.23. The fraction of sp³-hybridized carbons (Fsp3) is 0.875. The average Bonchev–Trinajstić information content (AvgIpc) is 2.04. The van der Waals surface area contributed by atoms with Gasteiger partial charge in [0.2, 0.25) is 0 Å². The van der Waals surface area contributed by atoms with Gasteiger partial charge in [-0.05, 0) is 6.92 Å². The summed E-state index contributed by atoms with van der Waals surface area (Å²) in [5.41, 5.74) is 0. The number of carbonyl (C=O) groups excluding carboxylic acids is 1. The number of hydrogen-bond acceptors (Lipinski definition) is 4. The predicted molar refractivity (Wildman–Crippen MR) is 43.9 cm³/mol. The van der Waals surface area contributed by atoms with E-state index in [0.717, 1.165) is 12.8 Å². The molecule has 2 unspecified atom stereocenters. The molecular weight excluding hydrogens is 158 g/mol. The van der Waals surface area contributed by atoms with E-state index in [1.807, 2.05) is 11.8 Å². The fourth-order valence-corrected chi connectivity index (χ4v) is 1.50. The van der Waals surface area contributed by atoms with Gasteiger partial charge in [-0.1, -0.05) is 0 Å². The van der Waals surface area contributed by atoms with E-state index >= 15 is 0 Å². The number of morpholine rings is 1. The number of nitrogens with zero attached hydrogens (tertiary/aromatic N) is 1. The van der Waals surface area contributed by atoms with Crippen molar-refractivity contribution in [2.24, 2.45) is 0 Å². The zero-order valence-corrected chi connectivity index (χ0v) is 7.27. The second-order valence-electron chi connectivity index (χ2n) is 3.14. The highest BCUT2D eigenvalue weighted by atomic mass is 16.5. The van der Waals surface area contributed by atoms with E-state index in [-0.39, 0.29) is 18.8 Å². The molecule has 70 valence electrons. The van der Waals surface area contributed by atoms with E-state index < -0.39 is 0 Å². The monoisotopic (exact) mass is 173 g/mol. The number of ether oxygens (including phenoxy) is 1. The van der Waals surface area contributed by atoms with Crippen LogP contribution in [0.25, 0.3) is 0 Å². The summed E-state index contributed by atoms with van der Waals surface area (Å²) in [4.78, 5) is 12.2. The van der Waals surface area contributed by atoms with Gasteiger partial charge < -0.3 is 14.6 Å². The van der Waals surface area contributed by atoms with Gasteiger partial charge in [0.1, 0.15) is 6.29 Å². The van der Waals surface area contributed by atoms with Gasteiger partial charge in [0.25, 0.3) is 0 Å². The van der Waals surface area contributed by atoms with Crippen molar-refractivity contribution in [3.63, 3.8) is 0 Å². The van der Waals surface area contributed by atoms with Crippen LogP contribution < -0.4 is 0 Å². The first-order chi connectivity index (χ1) is 5.76. The van der Waals surface area contributed by atoms with Crippen LogP contribution >= 0.6 is 0 Å². The molecule has 0 aromatic carbocycles. The van der Waals surface area contributed by atoms with Crippen molar-refractivity contribution >= 4 is 6.29 Å². The third-order valence-electron chi connectivity index (χ3n) is 1.94. The lowest BCUT2D eigenvalue weighted by Gasteiger charge is -2.34. The number of rotatable bonds is 3. The molecule has 12 heavy (non-hydrogen) atoms. The Labute approximate surface area is 72.1 Å². The molecule has 1 N–H and O–H groups in total. The zero-order chi connectivity index (χ0) is 8.97. The van der Waals surface area contributed by atoms with Gasteiger partial charge in [0.15, 0.2) is 0 Å². The normalized spacial score (nSPS) is 31.8. The van der Waals surface area contributed by atoms with Crippen LogP contribution in [-0.4, -0.2) is 54.7 Å². The number of aldehydes is 1. The third-order valence-corrected chi connectivity index (χ3v) is 1.94. The van der Waals surface area contributed by atoms with E-state index in [1.165, 1.54) is 0 Å². The molecular formula is C8H15NO3. The molecule has 0 aromatic rings. The number of aliphatic hydroxyl groups is 1. The maximum Gasteiger partial charge on any atom is 0.133 e. The maximum absolute atomic E-state index is 10.2. The lowest BCUT2D eigenvalue weighted by molar-refractivity contribution is -0.116. The largest absolute Gasteiger partial charge is 0.394 e. The van der Waals surface area contributed by atoms with E-state index in [9.17, 15) is 4.79 Å². The van der Waals surface area contributed by atoms with Crippen molar-refractivity contribution in [2.75, 3.05) is 26.2 Å². The molecule has 1 aliphatic heterocycles. The molecule has 0 amide bonds. The smallest absolute Gasteiger partial charge is 0.133 e. The van der Waals surface area contributed by atoms with Gasteiger partial charge >= 0.3 is 0 Å². The molecule has 1 saturated heterocycles. The minimum Gasteiger partial charge on any atom is -0.394 e. The summed E-state index contributed by atoms with van der Waals surface area (Å²) in [6.07, 6.45) is 0.858. The summed E-state index contributed by atoms with van der Waals surface area (Å²) in [5, 5.41) is 8.85. The van der Waals surface area contributed by atoms with Crippen molar-refractivity contribution in [3.05, 3.63) is 0 Å². The molecule has 0 saturated carbocycles. The molecule has 0 spiro atoms. The SMILES string of the molecule is CC1CN(CC=O)CC(CO)O1. The van der Waals surface area contributed by atoms with Gasteiger partial charge in [-0.2, -0.15) is 0 Å². The Hall–Kier alpha value is -0.450. The molecule has 0 radical (unpaired) electrons. The molecule has 2 atom stereocenters. The lowest BCUT2D eigenvalue weighted by Crippen LogP contribution is -2.48. The Morgan fingerprint density at radius 1 is 1.67 bits per heavy atom. The van der Waals surface area contributed by atoms with E-state index in [1.54, 1.807) is 0 Å². The Balaban J connectivity index is 2.39. The van der Waals surface area contributed by atoms with Gasteiger partial charge in [-0.15, -0.1) is 0 Å². The predicted octanol–water partition coefficient (Wildman–Crippen LogP) is -0.733. The molecule has 4 heteroatoms. The van der Waals surface area contributed by atoms with E-state index in [2.05, 4.69) is 0 Å². The molecule has 4 nitrogen and oxygen atoms in total. The first kappa shape index (κ1) is 9.64. The molecule has 1 heterocycles. The van der Waals surface area contributed by atoms with Crippen molar-refractivity contribution in [2.45, 2.75) is 19.1 Å². The molecule has 0 aromatic heterocycles. The van der Waals surface area contributed by atoms with Crippen molar-refractivity contribution in [1.82, 2.24) is 4.90 Å². The van der Waals surface area contributed by atoms with Gasteiger partial charge in [0, 0.05) is 13.1 Å². The topological polar surface area (TPSA) is 49.8 Å². The van der Waals surface area contributed by atoms with Crippen molar-refractivity contribution < 1.29 is 14.6 Å². The van der Waals surface area contributed by atoms with Gasteiger partial charge in [0.05, 0.1) is 25.4 Å². The highest BCUT2D eigenvalue weighted by molar-refractivity contribution is 5.52. The Bertz CT molecular complexity index is 151. The Morgan fingerprint density at radius 2 is 2.42 bits per heavy atom. The van der Waals surface area contributed by atoms with Crippen LogP contribution in [0.5, 0.6) is 0 Å². The van der Waals surface area contributed by atoms with Gasteiger partial charge in [-0.25, -0.2) is 0 Å². The quantitative estimate of drug-likeness (QED) is 0.571. The molecule has 1 fully saturated rings. The van der Waals surface area contributed by atoms with Crippen LogP contribution in [0.15, 0.2) is 0 Å². The van der Waals surface area contributed by atoms with E-state index in [0.29, 0.717) is 13.1 Å². The van der Waals surface area contributed by atoms with Crippen LogP contribution in [0.1, 0.15) is 6.92 Å². The first-order valence-corrected chi connectivity index (χ1v) is 4.18. The number of carbonyl (C=O) groups is 1. The Morgan fingerprint density at radius 3 is 3.00 bits per heavy atom. The summed E-state index contributed by atoms with van der Waals surface area (Å²) in [6.45, 7) is 3.83. The van der Waals surface area contributed by atoms with Crippen LogP contribution in [-0.2, 0) is 9.53 Å². The maximum atomic E-state index is 10.2.